The summed E-state index contributed by atoms with van der Waals surface area (Å²) in [6, 6.07) is 7.47. The molecule has 0 saturated carbocycles. The number of ether oxygens (including phenoxy) is 1. The van der Waals surface area contributed by atoms with Crippen molar-refractivity contribution in [3.8, 4) is 5.75 Å². The molecular formula is C18H22N4O2. The molecule has 1 N–H and O–H groups in total. The van der Waals surface area contributed by atoms with E-state index in [1.54, 1.807) is 18.6 Å². The molecule has 1 saturated heterocycles. The van der Waals surface area contributed by atoms with E-state index in [-0.39, 0.29) is 11.8 Å². The lowest BCUT2D eigenvalue weighted by atomic mass is 9.97. The average molecular weight is 326 g/mol. The second-order valence-electron chi connectivity index (χ2n) is 5.80. The predicted octanol–water partition coefficient (Wildman–Crippen LogP) is 2.73. The first kappa shape index (κ1) is 16.2. The number of benzene rings is 1. The topological polar surface area (TPSA) is 67.3 Å². The molecule has 24 heavy (non-hydrogen) atoms. The first-order valence-electron chi connectivity index (χ1n) is 8.31. The number of carbonyl (C=O) groups excluding carboxylic acids is 1. The number of rotatable bonds is 5. The van der Waals surface area contributed by atoms with Crippen LogP contribution in [-0.4, -0.2) is 35.6 Å². The Balaban J connectivity index is 1.60. The molecule has 6 heteroatoms. The molecule has 6 nitrogen and oxygen atoms in total. The molecule has 1 atom stereocenters. The average Bonchev–Trinajstić information content (AvgIpc) is 2.64. The Morgan fingerprint density at radius 2 is 2.17 bits per heavy atom. The lowest BCUT2D eigenvalue weighted by Crippen LogP contribution is -2.41. The lowest BCUT2D eigenvalue weighted by molar-refractivity contribution is -0.120. The third-order valence-corrected chi connectivity index (χ3v) is 4.10. The number of nitrogens with zero attached hydrogens (tertiary/aromatic N) is 3. The van der Waals surface area contributed by atoms with Crippen LogP contribution in [0.1, 0.15) is 19.8 Å². The van der Waals surface area contributed by atoms with Crippen LogP contribution in [-0.2, 0) is 4.79 Å². The maximum Gasteiger partial charge on any atom is 0.229 e. The first-order chi connectivity index (χ1) is 11.8. The predicted molar refractivity (Wildman–Crippen MR) is 93.2 cm³/mol. The summed E-state index contributed by atoms with van der Waals surface area (Å²) in [4.78, 5) is 23.1. The summed E-state index contributed by atoms with van der Waals surface area (Å²) in [5.74, 6) is 1.64. The van der Waals surface area contributed by atoms with E-state index in [2.05, 4.69) is 20.2 Å². The van der Waals surface area contributed by atoms with Crippen molar-refractivity contribution in [3.63, 3.8) is 0 Å². The minimum absolute atomic E-state index is 0.0488. The number of amides is 1. The van der Waals surface area contributed by atoms with Crippen molar-refractivity contribution in [2.45, 2.75) is 19.8 Å². The Hall–Kier alpha value is -2.63. The molecule has 0 unspecified atom stereocenters. The van der Waals surface area contributed by atoms with Crippen molar-refractivity contribution < 1.29 is 9.53 Å². The van der Waals surface area contributed by atoms with Gasteiger partial charge in [-0.3, -0.25) is 9.78 Å². The smallest absolute Gasteiger partial charge is 0.229 e. The van der Waals surface area contributed by atoms with Crippen LogP contribution in [0.15, 0.2) is 42.9 Å². The summed E-state index contributed by atoms with van der Waals surface area (Å²) >= 11 is 0. The Kier molecular flexibility index (Phi) is 5.25. The van der Waals surface area contributed by atoms with Gasteiger partial charge in [-0.05, 0) is 44.0 Å². The molecule has 0 bridgehead atoms. The van der Waals surface area contributed by atoms with Crippen LogP contribution in [0.5, 0.6) is 5.75 Å². The van der Waals surface area contributed by atoms with Gasteiger partial charge in [0.15, 0.2) is 0 Å². The molecule has 0 spiro atoms. The van der Waals surface area contributed by atoms with E-state index in [4.69, 9.17) is 4.74 Å². The first-order valence-corrected chi connectivity index (χ1v) is 8.31. The molecule has 0 radical (unpaired) electrons. The highest BCUT2D eigenvalue weighted by atomic mass is 16.5. The van der Waals surface area contributed by atoms with Gasteiger partial charge in [-0.15, -0.1) is 0 Å². The third kappa shape index (κ3) is 4.01. The molecule has 1 aliphatic heterocycles. The minimum Gasteiger partial charge on any atom is -0.494 e. The van der Waals surface area contributed by atoms with Crippen LogP contribution in [0.2, 0.25) is 0 Å². The molecule has 1 aromatic heterocycles. The molecule has 1 amide bonds. The molecule has 1 fully saturated rings. The number of carbonyl (C=O) groups is 1. The highest BCUT2D eigenvalue weighted by molar-refractivity contribution is 5.93. The number of nitrogens with one attached hydrogen (secondary N) is 1. The zero-order chi connectivity index (χ0) is 16.8. The van der Waals surface area contributed by atoms with Crippen LogP contribution in [0.4, 0.5) is 11.5 Å². The molecule has 1 aliphatic rings. The molecule has 2 aromatic rings. The van der Waals surface area contributed by atoms with Crippen LogP contribution in [0.3, 0.4) is 0 Å². The summed E-state index contributed by atoms with van der Waals surface area (Å²) in [6.07, 6.45) is 6.94. The number of anilines is 2. The molecular weight excluding hydrogens is 304 g/mol. The Morgan fingerprint density at radius 3 is 2.88 bits per heavy atom. The zero-order valence-corrected chi connectivity index (χ0v) is 13.8. The Bertz CT molecular complexity index is 660. The zero-order valence-electron chi connectivity index (χ0n) is 13.8. The fourth-order valence-corrected chi connectivity index (χ4v) is 2.90. The van der Waals surface area contributed by atoms with Crippen molar-refractivity contribution in [2.24, 2.45) is 5.92 Å². The highest BCUT2D eigenvalue weighted by Gasteiger charge is 2.26. The Labute approximate surface area is 141 Å². The lowest BCUT2D eigenvalue weighted by Gasteiger charge is -2.32. The summed E-state index contributed by atoms with van der Waals surface area (Å²) < 4.78 is 5.41. The molecule has 126 valence electrons. The maximum atomic E-state index is 12.5. The van der Waals surface area contributed by atoms with Gasteiger partial charge in [-0.2, -0.15) is 0 Å². The van der Waals surface area contributed by atoms with E-state index in [1.165, 1.54) is 0 Å². The maximum absolute atomic E-state index is 12.5. The number of hydrogen-bond donors (Lipinski definition) is 1. The molecule has 1 aromatic carbocycles. The van der Waals surface area contributed by atoms with Crippen LogP contribution in [0.25, 0.3) is 0 Å². The second-order valence-corrected chi connectivity index (χ2v) is 5.80. The second kappa shape index (κ2) is 7.77. The quantitative estimate of drug-likeness (QED) is 0.915. The summed E-state index contributed by atoms with van der Waals surface area (Å²) in [7, 11) is 0. The van der Waals surface area contributed by atoms with Crippen molar-refractivity contribution in [1.82, 2.24) is 9.97 Å². The standard InChI is InChI=1S/C18H22N4O2/c1-2-24-16-7-5-15(6-8-16)21-18(23)14-4-3-11-22(13-14)17-12-19-9-10-20-17/h5-10,12,14H,2-4,11,13H2,1H3,(H,21,23)/t14-/m1/s1. The van der Waals surface area contributed by atoms with E-state index < -0.39 is 0 Å². The third-order valence-electron chi connectivity index (χ3n) is 4.10. The molecule has 0 aliphatic carbocycles. The van der Waals surface area contributed by atoms with Gasteiger partial charge in [0.1, 0.15) is 11.6 Å². The monoisotopic (exact) mass is 326 g/mol. The van der Waals surface area contributed by atoms with E-state index in [9.17, 15) is 4.79 Å². The van der Waals surface area contributed by atoms with Crippen molar-refractivity contribution in [1.29, 1.82) is 0 Å². The Morgan fingerprint density at radius 1 is 1.33 bits per heavy atom. The number of hydrogen-bond acceptors (Lipinski definition) is 5. The van der Waals surface area contributed by atoms with Gasteiger partial charge in [-0.25, -0.2) is 4.98 Å². The SMILES string of the molecule is CCOc1ccc(NC(=O)[C@@H]2CCCN(c3cnccn3)C2)cc1. The van der Waals surface area contributed by atoms with E-state index >= 15 is 0 Å². The van der Waals surface area contributed by atoms with E-state index in [1.807, 2.05) is 31.2 Å². The largest absolute Gasteiger partial charge is 0.494 e. The van der Waals surface area contributed by atoms with Crippen molar-refractivity contribution in [3.05, 3.63) is 42.9 Å². The minimum atomic E-state index is -0.0488. The van der Waals surface area contributed by atoms with Crippen molar-refractivity contribution >= 4 is 17.4 Å². The van der Waals surface area contributed by atoms with Gasteiger partial charge in [-0.1, -0.05) is 0 Å². The van der Waals surface area contributed by atoms with Gasteiger partial charge >= 0.3 is 0 Å². The number of piperidine rings is 1. The number of aromatic nitrogens is 2. The summed E-state index contributed by atoms with van der Waals surface area (Å²) in [5, 5.41) is 3.00. The fourth-order valence-electron chi connectivity index (χ4n) is 2.90. The van der Waals surface area contributed by atoms with E-state index in [0.717, 1.165) is 36.6 Å². The van der Waals surface area contributed by atoms with Crippen LogP contribution >= 0.6 is 0 Å². The normalized spacial score (nSPS) is 17.4. The van der Waals surface area contributed by atoms with Crippen LogP contribution < -0.4 is 15.0 Å². The van der Waals surface area contributed by atoms with Gasteiger partial charge in [0.05, 0.1) is 18.7 Å². The highest BCUT2D eigenvalue weighted by Crippen LogP contribution is 2.23. The summed E-state index contributed by atoms with van der Waals surface area (Å²) in [6.45, 7) is 4.15. The van der Waals surface area contributed by atoms with Gasteiger partial charge in [0.2, 0.25) is 5.91 Å². The van der Waals surface area contributed by atoms with Gasteiger partial charge in [0.25, 0.3) is 0 Å². The van der Waals surface area contributed by atoms with Crippen molar-refractivity contribution in [2.75, 3.05) is 29.9 Å². The van der Waals surface area contributed by atoms with Gasteiger partial charge in [0, 0.05) is 31.2 Å². The van der Waals surface area contributed by atoms with Crippen LogP contribution in [0, 0.1) is 5.92 Å². The van der Waals surface area contributed by atoms with Gasteiger partial charge < -0.3 is 15.0 Å². The summed E-state index contributed by atoms with van der Waals surface area (Å²) in [5.41, 5.74) is 0.792. The van der Waals surface area contributed by atoms with E-state index in [0.29, 0.717) is 13.2 Å². The molecule has 2 heterocycles. The molecule has 3 rings (SSSR count). The fraction of sp³-hybridized carbons (Fsp3) is 0.389.